The third-order valence-corrected chi connectivity index (χ3v) is 4.87. The smallest absolute Gasteiger partial charge is 0.390 e. The van der Waals surface area contributed by atoms with E-state index < -0.39 is 12.6 Å². The third-order valence-electron chi connectivity index (χ3n) is 4.87. The molecule has 2 aromatic heterocycles. The predicted octanol–water partition coefficient (Wildman–Crippen LogP) is 4.46. The molecule has 0 saturated carbocycles. The van der Waals surface area contributed by atoms with E-state index in [4.69, 9.17) is 9.47 Å². The maximum Gasteiger partial charge on any atom is 0.390 e. The van der Waals surface area contributed by atoms with Crippen molar-refractivity contribution in [3.63, 3.8) is 0 Å². The van der Waals surface area contributed by atoms with E-state index >= 15 is 0 Å². The minimum atomic E-state index is -4.24. The monoisotopic (exact) mass is 409 g/mol. The van der Waals surface area contributed by atoms with E-state index in [9.17, 15) is 18.0 Å². The second-order valence-electron chi connectivity index (χ2n) is 6.75. The van der Waals surface area contributed by atoms with E-state index in [0.29, 0.717) is 23.5 Å². The quantitative estimate of drug-likeness (QED) is 0.603. The highest BCUT2D eigenvalue weighted by atomic mass is 19.4. The Bertz CT molecular complexity index is 891. The second-order valence-corrected chi connectivity index (χ2v) is 6.75. The van der Waals surface area contributed by atoms with Crippen LogP contribution in [0.3, 0.4) is 0 Å². The summed E-state index contributed by atoms with van der Waals surface area (Å²) in [6.07, 6.45) is 3.31. The summed E-state index contributed by atoms with van der Waals surface area (Å²) >= 11 is 0. The van der Waals surface area contributed by atoms with Crippen LogP contribution in [0, 0.1) is 0 Å². The van der Waals surface area contributed by atoms with Gasteiger partial charge < -0.3 is 9.47 Å². The van der Waals surface area contributed by atoms with E-state index in [1.54, 1.807) is 6.07 Å². The Hall–Kier alpha value is -2.84. The van der Waals surface area contributed by atoms with Crippen LogP contribution in [0.4, 0.5) is 13.2 Å². The van der Waals surface area contributed by atoms with Crippen molar-refractivity contribution in [2.24, 2.45) is 0 Å². The van der Waals surface area contributed by atoms with Gasteiger partial charge in [0.25, 0.3) is 0 Å². The summed E-state index contributed by atoms with van der Waals surface area (Å²) in [4.78, 5) is 15.4. The fourth-order valence-corrected chi connectivity index (χ4v) is 3.43. The molecule has 0 aromatic carbocycles. The van der Waals surface area contributed by atoms with Gasteiger partial charge >= 0.3 is 6.18 Å². The average Bonchev–Trinajstić information content (AvgIpc) is 3.18. The topological polar surface area (TPSA) is 66.2 Å². The molecule has 0 aliphatic heterocycles. The first-order valence-electron chi connectivity index (χ1n) is 9.32. The Kier molecular flexibility index (Phi) is 6.56. The Labute approximate surface area is 166 Å². The molecule has 1 aliphatic carbocycles. The van der Waals surface area contributed by atoms with Crippen LogP contribution in [0.1, 0.15) is 48.2 Å². The zero-order chi connectivity index (χ0) is 20.9. The molecule has 0 atom stereocenters. The summed E-state index contributed by atoms with van der Waals surface area (Å²) in [5.74, 6) is 0.628. The molecule has 0 N–H and O–H groups in total. The lowest BCUT2D eigenvalue weighted by Gasteiger charge is -2.22. The van der Waals surface area contributed by atoms with Crippen molar-refractivity contribution in [2.75, 3.05) is 13.7 Å². The van der Waals surface area contributed by atoms with Crippen LogP contribution in [-0.2, 0) is 6.54 Å². The van der Waals surface area contributed by atoms with Crippen LogP contribution in [0.15, 0.2) is 30.2 Å². The van der Waals surface area contributed by atoms with E-state index in [-0.39, 0.29) is 18.7 Å². The van der Waals surface area contributed by atoms with E-state index in [0.717, 1.165) is 36.8 Å². The number of nitrogens with zero attached hydrogens (tertiary/aromatic N) is 3. The molecule has 1 aliphatic rings. The van der Waals surface area contributed by atoms with Gasteiger partial charge in [0.05, 0.1) is 38.2 Å². The summed E-state index contributed by atoms with van der Waals surface area (Å²) < 4.78 is 50.2. The number of aromatic nitrogens is 3. The van der Waals surface area contributed by atoms with Gasteiger partial charge in [-0.1, -0.05) is 0 Å². The molecule has 0 radical (unpaired) electrons. The number of rotatable bonds is 8. The summed E-state index contributed by atoms with van der Waals surface area (Å²) in [6, 6.07) is 1.74. The SMILES string of the molecule is COc1cncc(OCC2=C(c3ccnn3CCC(F)(F)F)CCCC2)c1C=O. The lowest BCUT2D eigenvalue weighted by atomic mass is 9.90. The second kappa shape index (κ2) is 9.11. The standard InChI is InChI=1S/C20H22F3N3O3/c1-28-18-10-24-11-19(16(18)12-27)29-13-14-4-2-3-5-15(14)17-6-8-25-26(17)9-7-20(21,22)23/h6,8,10-12H,2-5,7,9,13H2,1H3. The average molecular weight is 409 g/mol. The summed E-state index contributed by atoms with van der Waals surface area (Å²) in [6.45, 7) is -0.00592. The number of carbonyl (C=O) groups excluding carboxylic acids is 1. The largest absolute Gasteiger partial charge is 0.494 e. The summed E-state index contributed by atoms with van der Waals surface area (Å²) in [5.41, 5.74) is 2.91. The number of carbonyl (C=O) groups is 1. The van der Waals surface area contributed by atoms with Crippen LogP contribution in [0.5, 0.6) is 11.5 Å². The van der Waals surface area contributed by atoms with Gasteiger partial charge in [-0.25, -0.2) is 0 Å². The molecule has 9 heteroatoms. The number of hydrogen-bond acceptors (Lipinski definition) is 5. The molecular formula is C20H22F3N3O3. The minimum Gasteiger partial charge on any atom is -0.494 e. The molecule has 6 nitrogen and oxygen atoms in total. The highest BCUT2D eigenvalue weighted by Gasteiger charge is 2.28. The van der Waals surface area contributed by atoms with Gasteiger partial charge in [-0.3, -0.25) is 14.5 Å². The van der Waals surface area contributed by atoms with Gasteiger partial charge in [-0.15, -0.1) is 0 Å². The van der Waals surface area contributed by atoms with Crippen molar-refractivity contribution in [1.29, 1.82) is 0 Å². The first kappa shape index (κ1) is 20.9. The number of pyridine rings is 1. The lowest BCUT2D eigenvalue weighted by Crippen LogP contribution is -2.16. The zero-order valence-electron chi connectivity index (χ0n) is 16.0. The van der Waals surface area contributed by atoms with Gasteiger partial charge in [0.2, 0.25) is 0 Å². The van der Waals surface area contributed by atoms with Crippen LogP contribution in [-0.4, -0.2) is 40.9 Å². The first-order chi connectivity index (χ1) is 13.9. The number of allylic oxidation sites excluding steroid dienone is 1. The molecule has 0 saturated heterocycles. The highest BCUT2D eigenvalue weighted by Crippen LogP contribution is 2.34. The van der Waals surface area contributed by atoms with Crippen molar-refractivity contribution >= 4 is 11.9 Å². The fraction of sp³-hybridized carbons (Fsp3) is 0.450. The van der Waals surface area contributed by atoms with Gasteiger partial charge in [0.1, 0.15) is 12.2 Å². The number of aldehydes is 1. The number of ether oxygens (including phenoxy) is 2. The molecule has 0 unspecified atom stereocenters. The number of aryl methyl sites for hydroxylation is 1. The number of halogens is 3. The molecular weight excluding hydrogens is 387 g/mol. The van der Waals surface area contributed by atoms with Crippen molar-refractivity contribution in [3.8, 4) is 11.5 Å². The Morgan fingerprint density at radius 2 is 1.97 bits per heavy atom. The van der Waals surface area contributed by atoms with Crippen LogP contribution in [0.2, 0.25) is 0 Å². The van der Waals surface area contributed by atoms with Crippen molar-refractivity contribution in [3.05, 3.63) is 41.5 Å². The molecule has 0 bridgehead atoms. The molecule has 29 heavy (non-hydrogen) atoms. The molecule has 3 rings (SSSR count). The number of alkyl halides is 3. The maximum atomic E-state index is 12.6. The molecule has 0 fully saturated rings. The van der Waals surface area contributed by atoms with E-state index in [2.05, 4.69) is 10.1 Å². The van der Waals surface area contributed by atoms with Crippen molar-refractivity contribution < 1.29 is 27.4 Å². The van der Waals surface area contributed by atoms with Gasteiger partial charge in [-0.2, -0.15) is 18.3 Å². The number of methoxy groups -OCH3 is 1. The third kappa shape index (κ3) is 5.16. The summed E-state index contributed by atoms with van der Waals surface area (Å²) in [5, 5.41) is 4.07. The van der Waals surface area contributed by atoms with Crippen LogP contribution < -0.4 is 9.47 Å². The van der Waals surface area contributed by atoms with Crippen LogP contribution in [0.25, 0.3) is 5.57 Å². The molecule has 2 aromatic rings. The van der Waals surface area contributed by atoms with Crippen molar-refractivity contribution in [1.82, 2.24) is 14.8 Å². The Morgan fingerprint density at radius 3 is 2.69 bits per heavy atom. The van der Waals surface area contributed by atoms with Gasteiger partial charge in [0.15, 0.2) is 17.8 Å². The van der Waals surface area contributed by atoms with E-state index in [1.165, 1.54) is 30.4 Å². The predicted molar refractivity (Wildman–Crippen MR) is 100.0 cm³/mol. The minimum absolute atomic E-state index is 0.218. The fourth-order valence-electron chi connectivity index (χ4n) is 3.43. The number of hydrogen-bond donors (Lipinski definition) is 0. The van der Waals surface area contributed by atoms with Crippen molar-refractivity contribution in [2.45, 2.75) is 44.8 Å². The normalized spacial score (nSPS) is 14.8. The molecule has 0 spiro atoms. The maximum absolute atomic E-state index is 12.6. The molecule has 2 heterocycles. The highest BCUT2D eigenvalue weighted by molar-refractivity contribution is 5.83. The molecule has 0 amide bonds. The lowest BCUT2D eigenvalue weighted by molar-refractivity contribution is -0.137. The van der Waals surface area contributed by atoms with Crippen LogP contribution >= 0.6 is 0 Å². The Morgan fingerprint density at radius 1 is 1.21 bits per heavy atom. The van der Waals surface area contributed by atoms with Gasteiger partial charge in [-0.05, 0) is 42.9 Å². The summed E-state index contributed by atoms with van der Waals surface area (Å²) in [7, 11) is 1.44. The Balaban J connectivity index is 1.83. The zero-order valence-corrected chi connectivity index (χ0v) is 16.0. The van der Waals surface area contributed by atoms with E-state index in [1.807, 2.05) is 0 Å². The van der Waals surface area contributed by atoms with Gasteiger partial charge in [0, 0.05) is 6.20 Å². The molecule has 156 valence electrons. The first-order valence-corrected chi connectivity index (χ1v) is 9.32.